The Morgan fingerprint density at radius 1 is 1.40 bits per heavy atom. The average molecular weight is 295 g/mol. The lowest BCUT2D eigenvalue weighted by atomic mass is 9.86. The van der Waals surface area contributed by atoms with Crippen LogP contribution in [0.5, 0.6) is 0 Å². The molecule has 2 rings (SSSR count). The van der Waals surface area contributed by atoms with Gasteiger partial charge in [0.1, 0.15) is 0 Å². The molecule has 1 N–H and O–H groups in total. The van der Waals surface area contributed by atoms with Gasteiger partial charge in [0.15, 0.2) is 6.61 Å². The summed E-state index contributed by atoms with van der Waals surface area (Å²) in [6.07, 6.45) is 4.82. The van der Waals surface area contributed by atoms with Crippen LogP contribution in [0.15, 0.2) is 17.5 Å². The van der Waals surface area contributed by atoms with Gasteiger partial charge in [-0.1, -0.05) is 25.8 Å². The highest BCUT2D eigenvalue weighted by Gasteiger charge is 2.23. The molecular weight excluding hydrogens is 274 g/mol. The van der Waals surface area contributed by atoms with Crippen molar-refractivity contribution < 1.29 is 14.3 Å². The van der Waals surface area contributed by atoms with Crippen molar-refractivity contribution in [2.24, 2.45) is 5.92 Å². The van der Waals surface area contributed by atoms with Crippen molar-refractivity contribution in [3.8, 4) is 0 Å². The minimum atomic E-state index is -0.348. The fraction of sp³-hybridized carbons (Fsp3) is 0.600. The number of ether oxygens (including phenoxy) is 1. The number of hydrogen-bond acceptors (Lipinski definition) is 4. The summed E-state index contributed by atoms with van der Waals surface area (Å²) in [7, 11) is 0. The molecule has 1 amide bonds. The van der Waals surface area contributed by atoms with E-state index in [1.165, 1.54) is 17.8 Å². The quantitative estimate of drug-likeness (QED) is 0.849. The molecule has 1 aromatic rings. The fourth-order valence-electron chi connectivity index (χ4n) is 2.53. The van der Waals surface area contributed by atoms with Crippen LogP contribution in [0.4, 0.5) is 0 Å². The highest BCUT2D eigenvalue weighted by molar-refractivity contribution is 7.10. The summed E-state index contributed by atoms with van der Waals surface area (Å²) < 4.78 is 5.01. The maximum atomic E-state index is 11.8. The van der Waals surface area contributed by atoms with E-state index in [0.717, 1.165) is 24.1 Å². The first-order valence-electron chi connectivity index (χ1n) is 7.12. The predicted molar refractivity (Wildman–Crippen MR) is 78.5 cm³/mol. The Kier molecular flexibility index (Phi) is 5.59. The van der Waals surface area contributed by atoms with Gasteiger partial charge in [0, 0.05) is 10.9 Å². The van der Waals surface area contributed by atoms with Gasteiger partial charge in [0.25, 0.3) is 5.91 Å². The van der Waals surface area contributed by atoms with E-state index in [1.807, 2.05) is 17.5 Å². The zero-order chi connectivity index (χ0) is 14.4. The molecule has 1 aliphatic rings. The summed E-state index contributed by atoms with van der Waals surface area (Å²) in [6, 6.07) is 4.01. The molecule has 2 atom stereocenters. The van der Waals surface area contributed by atoms with Crippen molar-refractivity contribution in [1.29, 1.82) is 0 Å². The van der Waals surface area contributed by atoms with Crippen LogP contribution in [0.25, 0.3) is 0 Å². The molecule has 20 heavy (non-hydrogen) atoms. The molecule has 1 aromatic heterocycles. The lowest BCUT2D eigenvalue weighted by Gasteiger charge is -2.29. The van der Waals surface area contributed by atoms with Crippen LogP contribution in [0.1, 0.15) is 37.5 Å². The summed E-state index contributed by atoms with van der Waals surface area (Å²) in [5.41, 5.74) is 0. The summed E-state index contributed by atoms with van der Waals surface area (Å²) in [5, 5.41) is 4.89. The van der Waals surface area contributed by atoms with Gasteiger partial charge in [-0.2, -0.15) is 0 Å². The first-order chi connectivity index (χ1) is 9.65. The molecule has 1 saturated carbocycles. The number of hydrogen-bond donors (Lipinski definition) is 1. The minimum absolute atomic E-state index is 0.173. The molecule has 110 valence electrons. The molecule has 5 heteroatoms. The second-order valence-corrected chi connectivity index (χ2v) is 6.38. The summed E-state index contributed by atoms with van der Waals surface area (Å²) in [5.74, 6) is -0.0305. The maximum absolute atomic E-state index is 11.8. The summed E-state index contributed by atoms with van der Waals surface area (Å²) >= 11 is 1.51. The largest absolute Gasteiger partial charge is 0.455 e. The maximum Gasteiger partial charge on any atom is 0.311 e. The van der Waals surface area contributed by atoms with Crippen molar-refractivity contribution in [3.05, 3.63) is 22.4 Å². The Hall–Kier alpha value is -1.36. The molecule has 0 saturated heterocycles. The number of thiophene rings is 1. The van der Waals surface area contributed by atoms with Gasteiger partial charge in [-0.15, -0.1) is 11.3 Å². The Labute approximate surface area is 123 Å². The van der Waals surface area contributed by atoms with Crippen molar-refractivity contribution in [3.63, 3.8) is 0 Å². The zero-order valence-electron chi connectivity index (χ0n) is 11.8. The first-order valence-corrected chi connectivity index (χ1v) is 8.00. The molecule has 0 radical (unpaired) electrons. The van der Waals surface area contributed by atoms with Gasteiger partial charge in [-0.3, -0.25) is 9.59 Å². The summed E-state index contributed by atoms with van der Waals surface area (Å²) in [6.45, 7) is 1.99. The zero-order valence-corrected chi connectivity index (χ0v) is 12.6. The van der Waals surface area contributed by atoms with Gasteiger partial charge in [-0.05, 0) is 30.2 Å². The van der Waals surface area contributed by atoms with Crippen LogP contribution in [0.3, 0.4) is 0 Å². The smallest absolute Gasteiger partial charge is 0.311 e. The lowest BCUT2D eigenvalue weighted by Crippen LogP contribution is -2.42. The molecule has 1 aliphatic carbocycles. The topological polar surface area (TPSA) is 55.4 Å². The number of amides is 1. The van der Waals surface area contributed by atoms with Crippen LogP contribution in [0, 0.1) is 5.92 Å². The van der Waals surface area contributed by atoms with Gasteiger partial charge in [0.2, 0.25) is 0 Å². The minimum Gasteiger partial charge on any atom is -0.455 e. The van der Waals surface area contributed by atoms with E-state index in [9.17, 15) is 9.59 Å². The first kappa shape index (κ1) is 15.0. The second-order valence-electron chi connectivity index (χ2n) is 5.35. The van der Waals surface area contributed by atoms with E-state index < -0.39 is 0 Å². The third-order valence-corrected chi connectivity index (χ3v) is 4.60. The number of esters is 1. The van der Waals surface area contributed by atoms with Crippen molar-refractivity contribution in [1.82, 2.24) is 5.32 Å². The van der Waals surface area contributed by atoms with Gasteiger partial charge in [0.05, 0.1) is 6.42 Å². The molecule has 0 aromatic carbocycles. The second kappa shape index (κ2) is 7.43. The fourth-order valence-corrected chi connectivity index (χ4v) is 3.22. The van der Waals surface area contributed by atoms with Crippen LogP contribution >= 0.6 is 11.3 Å². The van der Waals surface area contributed by atoms with Crippen molar-refractivity contribution >= 4 is 23.2 Å². The molecule has 0 spiro atoms. The third kappa shape index (κ3) is 4.63. The monoisotopic (exact) mass is 295 g/mol. The summed E-state index contributed by atoms with van der Waals surface area (Å²) in [4.78, 5) is 24.3. The Morgan fingerprint density at radius 2 is 2.20 bits per heavy atom. The molecular formula is C15H21NO3S. The Balaban J connectivity index is 1.68. The molecule has 0 unspecified atom stereocenters. The van der Waals surface area contributed by atoms with Crippen LogP contribution in [0.2, 0.25) is 0 Å². The van der Waals surface area contributed by atoms with Crippen LogP contribution in [-0.4, -0.2) is 24.5 Å². The average Bonchev–Trinajstić information content (AvgIpc) is 2.92. The van der Waals surface area contributed by atoms with Gasteiger partial charge < -0.3 is 10.1 Å². The number of nitrogens with one attached hydrogen (secondary N) is 1. The Morgan fingerprint density at radius 3 is 2.90 bits per heavy atom. The molecule has 1 heterocycles. The Bertz CT molecular complexity index is 444. The van der Waals surface area contributed by atoms with Crippen LogP contribution in [-0.2, 0) is 20.7 Å². The number of carbonyl (C=O) groups is 2. The SMILES string of the molecule is C[C@H]1CCCC[C@@H]1NC(=O)COC(=O)Cc1cccs1. The van der Waals surface area contributed by atoms with Crippen molar-refractivity contribution in [2.45, 2.75) is 45.1 Å². The number of carbonyl (C=O) groups excluding carboxylic acids is 2. The van der Waals surface area contributed by atoms with E-state index in [2.05, 4.69) is 12.2 Å². The molecule has 0 bridgehead atoms. The van der Waals surface area contributed by atoms with Gasteiger partial charge >= 0.3 is 5.97 Å². The van der Waals surface area contributed by atoms with Gasteiger partial charge in [-0.25, -0.2) is 0 Å². The molecule has 0 aliphatic heterocycles. The highest BCUT2D eigenvalue weighted by Crippen LogP contribution is 2.23. The predicted octanol–water partition coefficient (Wildman–Crippen LogP) is 2.53. The van der Waals surface area contributed by atoms with Crippen molar-refractivity contribution in [2.75, 3.05) is 6.61 Å². The highest BCUT2D eigenvalue weighted by atomic mass is 32.1. The van der Waals surface area contributed by atoms with E-state index >= 15 is 0 Å². The van der Waals surface area contributed by atoms with Crippen LogP contribution < -0.4 is 5.32 Å². The van der Waals surface area contributed by atoms with E-state index in [0.29, 0.717) is 5.92 Å². The van der Waals surface area contributed by atoms with E-state index in [1.54, 1.807) is 0 Å². The van der Waals surface area contributed by atoms with E-state index in [-0.39, 0.29) is 30.9 Å². The third-order valence-electron chi connectivity index (χ3n) is 3.72. The number of rotatable bonds is 5. The standard InChI is InChI=1S/C15H21NO3S/c1-11-5-2-3-7-13(11)16-14(17)10-19-15(18)9-12-6-4-8-20-12/h4,6,8,11,13H,2-3,5,7,9-10H2,1H3,(H,16,17)/t11-,13-/m0/s1. The lowest BCUT2D eigenvalue weighted by molar-refractivity contribution is -0.148. The molecule has 4 nitrogen and oxygen atoms in total. The molecule has 1 fully saturated rings. The van der Waals surface area contributed by atoms with E-state index in [4.69, 9.17) is 4.74 Å². The normalized spacial score (nSPS) is 22.2.